The van der Waals surface area contributed by atoms with Gasteiger partial charge in [0.25, 0.3) is 0 Å². The Morgan fingerprint density at radius 3 is 0.928 bits per heavy atom. The molecule has 6 nitrogen and oxygen atoms in total. The van der Waals surface area contributed by atoms with E-state index in [1.807, 2.05) is 0 Å². The van der Waals surface area contributed by atoms with Crippen LogP contribution >= 0.6 is 0 Å². The van der Waals surface area contributed by atoms with E-state index in [2.05, 4.69) is 43.5 Å². The smallest absolute Gasteiger partial charge is 0.305 e. The highest BCUT2D eigenvalue weighted by Crippen LogP contribution is 2.20. The molecule has 2 atom stereocenters. The number of esters is 1. The number of ether oxygens (including phenoxy) is 1. The van der Waals surface area contributed by atoms with Crippen LogP contribution in [-0.4, -0.2) is 47.4 Å². The van der Waals surface area contributed by atoms with Crippen LogP contribution in [0.15, 0.2) is 24.3 Å². The first-order valence-electron chi connectivity index (χ1n) is 38.1. The number of aliphatic hydroxyl groups excluding tert-OH is 2. The standard InChI is InChI=1S/C77H149NO5/c1-3-5-7-9-11-13-15-17-19-21-23-31-34-37-41-45-49-53-57-61-65-69-75(80)74(73-79)78-76(81)70-66-62-58-54-50-46-42-38-35-32-29-27-25-24-26-28-30-33-36-40-44-48-52-56-60-64-68-72-83-77(82)71-67-63-59-55-51-47-43-39-22-20-18-16-14-12-10-8-6-4-2/h14,16,20,22,74-75,79-80H,3-13,15,17-19,21,23-73H2,1-2H3,(H,78,81)/b16-14-,22-20-. The highest BCUT2D eigenvalue weighted by Gasteiger charge is 2.20. The molecule has 0 spiro atoms. The zero-order valence-corrected chi connectivity index (χ0v) is 56.5. The van der Waals surface area contributed by atoms with Gasteiger partial charge in [0.05, 0.1) is 25.4 Å². The maximum absolute atomic E-state index is 12.6. The number of aliphatic hydroxyl groups is 2. The van der Waals surface area contributed by atoms with Crippen LogP contribution in [0.2, 0.25) is 0 Å². The molecule has 2 unspecified atom stereocenters. The summed E-state index contributed by atoms with van der Waals surface area (Å²) in [6.07, 6.45) is 92.5. The Labute approximate surface area is 520 Å². The molecular weight excluding hydrogens is 1020 g/mol. The molecule has 0 aliphatic rings. The number of allylic oxidation sites excluding steroid dienone is 4. The number of nitrogens with one attached hydrogen (secondary N) is 1. The van der Waals surface area contributed by atoms with Crippen LogP contribution in [0.3, 0.4) is 0 Å². The maximum atomic E-state index is 12.6. The first-order valence-corrected chi connectivity index (χ1v) is 38.1. The summed E-state index contributed by atoms with van der Waals surface area (Å²) in [6, 6.07) is -0.540. The molecule has 0 fully saturated rings. The predicted octanol–water partition coefficient (Wildman–Crippen LogP) is 24.9. The van der Waals surface area contributed by atoms with Crippen molar-refractivity contribution in [2.24, 2.45) is 0 Å². The van der Waals surface area contributed by atoms with Gasteiger partial charge in [-0.25, -0.2) is 0 Å². The minimum Gasteiger partial charge on any atom is -0.466 e. The van der Waals surface area contributed by atoms with Gasteiger partial charge in [0.15, 0.2) is 0 Å². The fourth-order valence-electron chi connectivity index (χ4n) is 12.2. The fraction of sp³-hybridized carbons (Fsp3) is 0.922. The van der Waals surface area contributed by atoms with Crippen molar-refractivity contribution in [3.05, 3.63) is 24.3 Å². The second kappa shape index (κ2) is 72.8. The second-order valence-electron chi connectivity index (χ2n) is 26.3. The molecule has 0 rings (SSSR count). The molecule has 6 heteroatoms. The Morgan fingerprint density at radius 1 is 0.337 bits per heavy atom. The zero-order valence-electron chi connectivity index (χ0n) is 56.5. The summed E-state index contributed by atoms with van der Waals surface area (Å²) in [4.78, 5) is 24.7. The van der Waals surface area contributed by atoms with Crippen LogP contribution in [0, 0.1) is 0 Å². The van der Waals surface area contributed by atoms with Crippen LogP contribution in [-0.2, 0) is 14.3 Å². The van der Waals surface area contributed by atoms with E-state index in [0.717, 1.165) is 51.4 Å². The zero-order chi connectivity index (χ0) is 59.9. The van der Waals surface area contributed by atoms with E-state index < -0.39 is 12.1 Å². The molecule has 0 aliphatic heterocycles. The van der Waals surface area contributed by atoms with Crippen molar-refractivity contribution in [1.82, 2.24) is 5.32 Å². The van der Waals surface area contributed by atoms with Crippen molar-refractivity contribution >= 4 is 11.9 Å². The van der Waals surface area contributed by atoms with Gasteiger partial charge in [0.2, 0.25) is 5.91 Å². The molecule has 0 aliphatic carbocycles. The number of carbonyl (C=O) groups is 2. The van der Waals surface area contributed by atoms with Gasteiger partial charge in [-0.05, 0) is 57.8 Å². The Balaban J connectivity index is 3.35. The lowest BCUT2D eigenvalue weighted by Gasteiger charge is -2.22. The minimum atomic E-state index is -0.663. The summed E-state index contributed by atoms with van der Waals surface area (Å²) in [7, 11) is 0. The summed E-state index contributed by atoms with van der Waals surface area (Å²) in [5.74, 6) is -0.0155. The van der Waals surface area contributed by atoms with Crippen molar-refractivity contribution in [2.75, 3.05) is 13.2 Å². The molecule has 0 saturated carbocycles. The van der Waals surface area contributed by atoms with Gasteiger partial charge in [-0.15, -0.1) is 0 Å². The summed E-state index contributed by atoms with van der Waals surface area (Å²) < 4.78 is 5.51. The van der Waals surface area contributed by atoms with Crippen molar-refractivity contribution < 1.29 is 24.5 Å². The monoisotopic (exact) mass is 1170 g/mol. The quantitative estimate of drug-likeness (QED) is 0.0320. The lowest BCUT2D eigenvalue weighted by Crippen LogP contribution is -2.45. The van der Waals surface area contributed by atoms with Gasteiger partial charge in [0.1, 0.15) is 0 Å². The average molecular weight is 1170 g/mol. The highest BCUT2D eigenvalue weighted by molar-refractivity contribution is 5.76. The summed E-state index contributed by atoms with van der Waals surface area (Å²) in [5, 5.41) is 23.4. The molecule has 3 N–H and O–H groups in total. The Kier molecular flexibility index (Phi) is 71.4. The first-order chi connectivity index (χ1) is 41.0. The third-order valence-electron chi connectivity index (χ3n) is 18.0. The average Bonchev–Trinajstić information content (AvgIpc) is 3.49. The number of hydrogen-bond acceptors (Lipinski definition) is 5. The highest BCUT2D eigenvalue weighted by atomic mass is 16.5. The van der Waals surface area contributed by atoms with E-state index in [0.29, 0.717) is 25.9 Å². The van der Waals surface area contributed by atoms with Gasteiger partial charge in [-0.1, -0.05) is 385 Å². The van der Waals surface area contributed by atoms with Crippen LogP contribution in [0.1, 0.15) is 431 Å². The van der Waals surface area contributed by atoms with Crippen LogP contribution in [0.4, 0.5) is 0 Å². The molecule has 0 aromatic rings. The van der Waals surface area contributed by atoms with Gasteiger partial charge in [0, 0.05) is 12.8 Å². The SMILES string of the molecule is CCCCCC/C=C\C/C=C\CCCCCCCCCC(=O)OCCCCCCCCCCCCCCCCCCCCCCCCCCCCCC(=O)NC(CO)C(O)CCCCCCCCCCCCCCCCCCCCCCC. The van der Waals surface area contributed by atoms with Gasteiger partial charge < -0.3 is 20.3 Å². The maximum Gasteiger partial charge on any atom is 0.305 e. The molecule has 0 aromatic carbocycles. The molecule has 83 heavy (non-hydrogen) atoms. The Morgan fingerprint density at radius 2 is 0.602 bits per heavy atom. The van der Waals surface area contributed by atoms with Crippen LogP contribution in [0.25, 0.3) is 0 Å². The predicted molar refractivity (Wildman–Crippen MR) is 366 cm³/mol. The van der Waals surface area contributed by atoms with E-state index >= 15 is 0 Å². The molecular formula is C77H149NO5. The Bertz CT molecular complexity index is 1300. The van der Waals surface area contributed by atoms with E-state index in [1.165, 1.54) is 347 Å². The molecule has 0 radical (unpaired) electrons. The van der Waals surface area contributed by atoms with E-state index in [9.17, 15) is 19.8 Å². The first kappa shape index (κ1) is 81.3. The van der Waals surface area contributed by atoms with Crippen molar-refractivity contribution in [1.29, 1.82) is 0 Å². The van der Waals surface area contributed by atoms with Crippen molar-refractivity contribution in [2.45, 2.75) is 443 Å². The number of unbranched alkanes of at least 4 members (excludes halogenated alkanes) is 57. The number of hydrogen-bond donors (Lipinski definition) is 3. The molecule has 1 amide bonds. The third-order valence-corrected chi connectivity index (χ3v) is 18.0. The summed E-state index contributed by atoms with van der Waals surface area (Å²) in [6.45, 7) is 4.98. The minimum absolute atomic E-state index is 0.0118. The normalized spacial score (nSPS) is 12.6. The van der Waals surface area contributed by atoms with Crippen molar-refractivity contribution in [3.8, 4) is 0 Å². The number of rotatable bonds is 72. The molecule has 492 valence electrons. The van der Waals surface area contributed by atoms with Crippen molar-refractivity contribution in [3.63, 3.8) is 0 Å². The molecule has 0 bridgehead atoms. The lowest BCUT2D eigenvalue weighted by molar-refractivity contribution is -0.143. The van der Waals surface area contributed by atoms with E-state index in [4.69, 9.17) is 4.74 Å². The third kappa shape index (κ3) is 69.3. The molecule has 0 saturated heterocycles. The van der Waals surface area contributed by atoms with Crippen LogP contribution in [0.5, 0.6) is 0 Å². The molecule has 0 heterocycles. The lowest BCUT2D eigenvalue weighted by atomic mass is 10.0. The summed E-state index contributed by atoms with van der Waals surface area (Å²) in [5.41, 5.74) is 0. The fourth-order valence-corrected chi connectivity index (χ4v) is 12.2. The van der Waals surface area contributed by atoms with E-state index in [-0.39, 0.29) is 18.5 Å². The van der Waals surface area contributed by atoms with Gasteiger partial charge in [-0.3, -0.25) is 9.59 Å². The number of carbonyl (C=O) groups excluding carboxylic acids is 2. The topological polar surface area (TPSA) is 95.9 Å². The van der Waals surface area contributed by atoms with Crippen LogP contribution < -0.4 is 5.32 Å². The summed E-state index contributed by atoms with van der Waals surface area (Å²) >= 11 is 0. The second-order valence-corrected chi connectivity index (χ2v) is 26.3. The Hall–Kier alpha value is -1.66. The largest absolute Gasteiger partial charge is 0.466 e. The van der Waals surface area contributed by atoms with Gasteiger partial charge in [-0.2, -0.15) is 0 Å². The van der Waals surface area contributed by atoms with E-state index in [1.54, 1.807) is 0 Å². The van der Waals surface area contributed by atoms with Gasteiger partial charge >= 0.3 is 5.97 Å². The molecule has 0 aromatic heterocycles. The number of amides is 1.